The van der Waals surface area contributed by atoms with E-state index in [9.17, 15) is 8.78 Å². The quantitative estimate of drug-likeness (QED) is 0.547. The summed E-state index contributed by atoms with van der Waals surface area (Å²) in [4.78, 5) is 0. The van der Waals surface area contributed by atoms with Gasteiger partial charge in [-0.05, 0) is 18.2 Å². The Hall–Kier alpha value is -0.700. The molecule has 0 aromatic rings. The molecule has 0 spiro atoms. The molecule has 2 atom stereocenters. The summed E-state index contributed by atoms with van der Waals surface area (Å²) in [7, 11) is 1.35. The summed E-state index contributed by atoms with van der Waals surface area (Å²) in [6.07, 6.45) is 1.38. The topological polar surface area (TPSA) is 9.23 Å². The van der Waals surface area contributed by atoms with Crippen LogP contribution in [-0.4, -0.2) is 19.4 Å². The first-order chi connectivity index (χ1) is 4.74. The smallest absolute Gasteiger partial charge is 0.148 e. The van der Waals surface area contributed by atoms with Crippen molar-refractivity contribution >= 4 is 0 Å². The van der Waals surface area contributed by atoms with Crippen LogP contribution in [0.1, 0.15) is 0 Å². The second-order valence-corrected chi connectivity index (χ2v) is 2.06. The van der Waals surface area contributed by atoms with Crippen LogP contribution in [0.2, 0.25) is 0 Å². The lowest BCUT2D eigenvalue weighted by molar-refractivity contribution is 0.0837. The minimum Gasteiger partial charge on any atom is -0.374 e. The van der Waals surface area contributed by atoms with Crippen LogP contribution in [0, 0.1) is 0 Å². The molecule has 0 aliphatic heterocycles. The first-order valence-corrected chi connectivity index (χ1v) is 2.96. The molecule has 0 aromatic carbocycles. The largest absolute Gasteiger partial charge is 0.374 e. The molecule has 1 aliphatic rings. The Morgan fingerprint density at radius 3 is 2.80 bits per heavy atom. The predicted octanol–water partition coefficient (Wildman–Crippen LogP) is 1.76. The fourth-order valence-corrected chi connectivity index (χ4v) is 0.796. The van der Waals surface area contributed by atoms with E-state index in [1.54, 1.807) is 0 Å². The molecular weight excluding hydrogens is 138 g/mol. The van der Waals surface area contributed by atoms with Crippen molar-refractivity contribution < 1.29 is 13.5 Å². The molecule has 0 saturated heterocycles. The maximum atomic E-state index is 12.6. The summed E-state index contributed by atoms with van der Waals surface area (Å²) < 4.78 is 29.6. The van der Waals surface area contributed by atoms with E-state index >= 15 is 0 Å². The Labute approximate surface area is 58.0 Å². The van der Waals surface area contributed by atoms with Crippen molar-refractivity contribution in [2.45, 2.75) is 12.3 Å². The standard InChI is InChI=1S/C7H8F2O/c1-10-7-4-5(8)2-3-6(7)9/h2-4,6-7H,1H3. The Bertz CT molecular complexity index is 174. The first-order valence-electron chi connectivity index (χ1n) is 2.96. The Kier molecular flexibility index (Phi) is 2.17. The minimum absolute atomic E-state index is 0.444. The van der Waals surface area contributed by atoms with Gasteiger partial charge in [0, 0.05) is 7.11 Å². The predicted molar refractivity (Wildman–Crippen MR) is 34.0 cm³/mol. The third kappa shape index (κ3) is 1.42. The number of methoxy groups -OCH3 is 1. The highest BCUT2D eigenvalue weighted by molar-refractivity contribution is 5.21. The molecule has 0 heterocycles. The molecule has 1 rings (SSSR count). The lowest BCUT2D eigenvalue weighted by atomic mass is 10.1. The Morgan fingerprint density at radius 2 is 2.30 bits per heavy atom. The number of hydrogen-bond donors (Lipinski definition) is 0. The van der Waals surface area contributed by atoms with Gasteiger partial charge in [-0.1, -0.05) is 0 Å². The number of hydrogen-bond acceptors (Lipinski definition) is 1. The highest BCUT2D eigenvalue weighted by atomic mass is 19.1. The van der Waals surface area contributed by atoms with Gasteiger partial charge in [-0.25, -0.2) is 8.78 Å². The molecule has 0 N–H and O–H groups in total. The number of halogens is 2. The van der Waals surface area contributed by atoms with Crippen molar-refractivity contribution in [2.24, 2.45) is 0 Å². The summed E-state index contributed by atoms with van der Waals surface area (Å²) >= 11 is 0. The molecule has 1 nitrogen and oxygen atoms in total. The lowest BCUT2D eigenvalue weighted by Crippen LogP contribution is -2.22. The van der Waals surface area contributed by atoms with Gasteiger partial charge in [0.1, 0.15) is 18.1 Å². The fourth-order valence-electron chi connectivity index (χ4n) is 0.796. The molecule has 1 aliphatic carbocycles. The van der Waals surface area contributed by atoms with Gasteiger partial charge in [0.25, 0.3) is 0 Å². The fraction of sp³-hybridized carbons (Fsp3) is 0.429. The highest BCUT2D eigenvalue weighted by Gasteiger charge is 2.19. The van der Waals surface area contributed by atoms with Crippen LogP contribution in [0.3, 0.4) is 0 Å². The molecule has 10 heavy (non-hydrogen) atoms. The molecule has 0 saturated carbocycles. The van der Waals surface area contributed by atoms with E-state index < -0.39 is 18.1 Å². The van der Waals surface area contributed by atoms with E-state index in [4.69, 9.17) is 0 Å². The zero-order chi connectivity index (χ0) is 7.56. The molecule has 3 heteroatoms. The van der Waals surface area contributed by atoms with E-state index in [1.165, 1.54) is 7.11 Å². The van der Waals surface area contributed by atoms with E-state index in [-0.39, 0.29) is 0 Å². The van der Waals surface area contributed by atoms with Crippen LogP contribution in [0.4, 0.5) is 8.78 Å². The maximum absolute atomic E-state index is 12.6. The van der Waals surface area contributed by atoms with Gasteiger partial charge in [0.05, 0.1) is 0 Å². The molecule has 56 valence electrons. The SMILES string of the molecule is COC1C=C(F)C=CC1F. The summed E-state index contributed by atoms with van der Waals surface area (Å²) in [6, 6.07) is 0. The zero-order valence-electron chi connectivity index (χ0n) is 5.55. The molecular formula is C7H8F2O. The summed E-state index contributed by atoms with van der Waals surface area (Å²) in [5.41, 5.74) is 0. The van der Waals surface area contributed by atoms with E-state index in [0.29, 0.717) is 0 Å². The molecule has 0 amide bonds. The van der Waals surface area contributed by atoms with Gasteiger partial charge in [0.2, 0.25) is 0 Å². The monoisotopic (exact) mass is 146 g/mol. The number of ether oxygens (including phenoxy) is 1. The van der Waals surface area contributed by atoms with Crippen molar-refractivity contribution in [3.05, 3.63) is 24.1 Å². The minimum atomic E-state index is -1.22. The summed E-state index contributed by atoms with van der Waals surface area (Å²) in [5, 5.41) is 0. The van der Waals surface area contributed by atoms with Gasteiger partial charge >= 0.3 is 0 Å². The summed E-state index contributed by atoms with van der Waals surface area (Å²) in [5.74, 6) is -0.444. The van der Waals surface area contributed by atoms with Crippen molar-refractivity contribution in [3.8, 4) is 0 Å². The molecule has 0 bridgehead atoms. The molecule has 0 aromatic heterocycles. The molecule has 0 radical (unpaired) electrons. The lowest BCUT2D eigenvalue weighted by Gasteiger charge is -2.15. The third-order valence-corrected chi connectivity index (χ3v) is 1.35. The highest BCUT2D eigenvalue weighted by Crippen LogP contribution is 2.16. The average Bonchev–Trinajstić information content (AvgIpc) is 1.94. The van der Waals surface area contributed by atoms with E-state index in [2.05, 4.69) is 4.74 Å². The van der Waals surface area contributed by atoms with Crippen LogP contribution in [0.15, 0.2) is 24.1 Å². The van der Waals surface area contributed by atoms with Gasteiger partial charge in [0.15, 0.2) is 0 Å². The normalized spacial score (nSPS) is 32.1. The second kappa shape index (κ2) is 2.92. The number of allylic oxidation sites excluding steroid dienone is 2. The summed E-state index contributed by atoms with van der Waals surface area (Å²) in [6.45, 7) is 0. The Morgan fingerprint density at radius 1 is 1.60 bits per heavy atom. The van der Waals surface area contributed by atoms with Gasteiger partial charge in [-0.3, -0.25) is 0 Å². The zero-order valence-corrected chi connectivity index (χ0v) is 5.55. The van der Waals surface area contributed by atoms with Crippen molar-refractivity contribution in [1.82, 2.24) is 0 Å². The van der Waals surface area contributed by atoms with Crippen molar-refractivity contribution in [3.63, 3.8) is 0 Å². The van der Waals surface area contributed by atoms with Crippen molar-refractivity contribution in [1.29, 1.82) is 0 Å². The average molecular weight is 146 g/mol. The first kappa shape index (κ1) is 7.41. The number of alkyl halides is 1. The second-order valence-electron chi connectivity index (χ2n) is 2.06. The molecule has 0 fully saturated rings. The van der Waals surface area contributed by atoms with Crippen LogP contribution in [0.5, 0.6) is 0 Å². The van der Waals surface area contributed by atoms with Gasteiger partial charge in [-0.15, -0.1) is 0 Å². The van der Waals surface area contributed by atoms with Crippen molar-refractivity contribution in [2.75, 3.05) is 7.11 Å². The number of rotatable bonds is 1. The van der Waals surface area contributed by atoms with Gasteiger partial charge in [-0.2, -0.15) is 0 Å². The third-order valence-electron chi connectivity index (χ3n) is 1.35. The van der Waals surface area contributed by atoms with Crippen LogP contribution in [0.25, 0.3) is 0 Å². The van der Waals surface area contributed by atoms with E-state index in [1.807, 2.05) is 0 Å². The van der Waals surface area contributed by atoms with Gasteiger partial charge < -0.3 is 4.74 Å². The van der Waals surface area contributed by atoms with Crippen LogP contribution in [-0.2, 0) is 4.74 Å². The van der Waals surface area contributed by atoms with Crippen LogP contribution >= 0.6 is 0 Å². The van der Waals surface area contributed by atoms with E-state index in [0.717, 1.165) is 18.2 Å². The Balaban J connectivity index is 2.67. The molecule has 2 unspecified atom stereocenters. The maximum Gasteiger partial charge on any atom is 0.148 e. The van der Waals surface area contributed by atoms with Crippen LogP contribution < -0.4 is 0 Å².